The van der Waals surface area contributed by atoms with Gasteiger partial charge in [-0.1, -0.05) is 36.4 Å². The number of ether oxygens (including phenoxy) is 1. The summed E-state index contributed by atoms with van der Waals surface area (Å²) >= 11 is 0. The summed E-state index contributed by atoms with van der Waals surface area (Å²) in [7, 11) is 1.67. The van der Waals surface area contributed by atoms with E-state index in [1.165, 1.54) is 11.1 Å². The lowest BCUT2D eigenvalue weighted by atomic mass is 9.92. The normalized spacial score (nSPS) is 17.0. The van der Waals surface area contributed by atoms with Crippen LogP contribution in [0.4, 0.5) is 0 Å². The number of fused-ring (bicyclic) bond motifs is 1. The first kappa shape index (κ1) is 14.6. The summed E-state index contributed by atoms with van der Waals surface area (Å²) in [6.45, 7) is 2.88. The molecular weight excluding hydrogens is 274 g/mol. The average Bonchev–Trinajstić information content (AvgIpc) is 2.56. The van der Waals surface area contributed by atoms with Crippen molar-refractivity contribution in [1.29, 1.82) is 0 Å². The van der Waals surface area contributed by atoms with Gasteiger partial charge in [0.05, 0.1) is 19.6 Å². The third-order valence-electron chi connectivity index (χ3n) is 4.41. The second-order valence-corrected chi connectivity index (χ2v) is 5.74. The maximum atomic E-state index is 12.6. The van der Waals surface area contributed by atoms with Crippen molar-refractivity contribution in [3.05, 3.63) is 65.2 Å². The topological polar surface area (TPSA) is 29.5 Å². The van der Waals surface area contributed by atoms with Gasteiger partial charge in [0.15, 0.2) is 0 Å². The summed E-state index contributed by atoms with van der Waals surface area (Å²) in [6, 6.07) is 16.2. The van der Waals surface area contributed by atoms with Crippen LogP contribution in [0.15, 0.2) is 48.5 Å². The first-order valence-corrected chi connectivity index (χ1v) is 7.69. The van der Waals surface area contributed by atoms with Crippen LogP contribution in [0.1, 0.15) is 29.7 Å². The summed E-state index contributed by atoms with van der Waals surface area (Å²) in [5.41, 5.74) is 3.58. The molecule has 1 heterocycles. The molecule has 0 radical (unpaired) electrons. The molecule has 0 bridgehead atoms. The van der Waals surface area contributed by atoms with Crippen molar-refractivity contribution in [3.8, 4) is 5.75 Å². The third kappa shape index (κ3) is 2.84. The molecule has 1 atom stereocenters. The Morgan fingerprint density at radius 1 is 1.23 bits per heavy atom. The number of hydrogen-bond acceptors (Lipinski definition) is 2. The van der Waals surface area contributed by atoms with Crippen molar-refractivity contribution in [2.24, 2.45) is 0 Å². The fourth-order valence-electron chi connectivity index (χ4n) is 3.13. The number of nitrogens with zero attached hydrogens (tertiary/aromatic N) is 1. The molecule has 2 aromatic rings. The van der Waals surface area contributed by atoms with E-state index in [0.717, 1.165) is 24.3 Å². The van der Waals surface area contributed by atoms with E-state index >= 15 is 0 Å². The van der Waals surface area contributed by atoms with Crippen molar-refractivity contribution in [2.75, 3.05) is 13.7 Å². The van der Waals surface area contributed by atoms with Crippen LogP contribution in [0.5, 0.6) is 5.75 Å². The minimum atomic E-state index is 0.0927. The van der Waals surface area contributed by atoms with E-state index in [4.69, 9.17) is 4.74 Å². The number of benzene rings is 2. The first-order valence-electron chi connectivity index (χ1n) is 7.69. The van der Waals surface area contributed by atoms with Crippen molar-refractivity contribution in [3.63, 3.8) is 0 Å². The molecule has 1 unspecified atom stereocenters. The van der Waals surface area contributed by atoms with Gasteiger partial charge in [-0.2, -0.15) is 0 Å². The molecule has 114 valence electrons. The zero-order valence-corrected chi connectivity index (χ0v) is 13.1. The Bertz CT molecular complexity index is 666. The molecule has 0 aromatic heterocycles. The van der Waals surface area contributed by atoms with Crippen LogP contribution in [-0.2, 0) is 17.6 Å². The molecule has 3 nitrogen and oxygen atoms in total. The Morgan fingerprint density at radius 3 is 2.73 bits per heavy atom. The lowest BCUT2D eigenvalue weighted by Crippen LogP contribution is -2.39. The molecule has 0 spiro atoms. The summed E-state index contributed by atoms with van der Waals surface area (Å²) in [6.07, 6.45) is 1.37. The number of methoxy groups -OCH3 is 1. The van der Waals surface area contributed by atoms with Gasteiger partial charge >= 0.3 is 0 Å². The van der Waals surface area contributed by atoms with Crippen molar-refractivity contribution in [2.45, 2.75) is 25.8 Å². The van der Waals surface area contributed by atoms with E-state index in [2.05, 4.69) is 19.1 Å². The molecule has 1 amide bonds. The highest BCUT2D eigenvalue weighted by Crippen LogP contribution is 2.32. The van der Waals surface area contributed by atoms with E-state index < -0.39 is 0 Å². The molecule has 3 heteroatoms. The average molecular weight is 295 g/mol. The minimum Gasteiger partial charge on any atom is -0.497 e. The number of rotatable bonds is 3. The van der Waals surface area contributed by atoms with Crippen LogP contribution in [0.2, 0.25) is 0 Å². The fourth-order valence-corrected chi connectivity index (χ4v) is 3.13. The Morgan fingerprint density at radius 2 is 2.00 bits per heavy atom. The van der Waals surface area contributed by atoms with Crippen LogP contribution in [0.3, 0.4) is 0 Å². The molecule has 22 heavy (non-hydrogen) atoms. The summed E-state index contributed by atoms with van der Waals surface area (Å²) < 4.78 is 5.32. The first-order chi connectivity index (χ1) is 10.7. The number of amides is 1. The van der Waals surface area contributed by atoms with E-state index in [1.807, 2.05) is 41.3 Å². The smallest absolute Gasteiger partial charge is 0.227 e. The highest BCUT2D eigenvalue weighted by atomic mass is 16.5. The molecular formula is C19H21NO2. The lowest BCUT2D eigenvalue weighted by Gasteiger charge is -2.35. The van der Waals surface area contributed by atoms with Crippen LogP contribution in [-0.4, -0.2) is 24.5 Å². The fraction of sp³-hybridized carbons (Fsp3) is 0.316. The van der Waals surface area contributed by atoms with Crippen molar-refractivity contribution < 1.29 is 9.53 Å². The van der Waals surface area contributed by atoms with E-state index in [1.54, 1.807) is 7.11 Å². The standard InChI is InChI=1S/C19H21NO2/c1-14-18-13-17(22-2)9-8-16(18)10-11-20(14)19(21)12-15-6-4-3-5-7-15/h3-9,13-14H,10-12H2,1-2H3. The largest absolute Gasteiger partial charge is 0.497 e. The molecule has 1 aliphatic rings. The van der Waals surface area contributed by atoms with Gasteiger partial charge in [-0.25, -0.2) is 0 Å². The van der Waals surface area contributed by atoms with Gasteiger partial charge in [0.2, 0.25) is 5.91 Å². The number of carbonyl (C=O) groups excluding carboxylic acids is 1. The van der Waals surface area contributed by atoms with Crippen molar-refractivity contribution in [1.82, 2.24) is 4.90 Å². The predicted octanol–water partition coefficient (Wildman–Crippen LogP) is 3.38. The Balaban J connectivity index is 1.79. The van der Waals surface area contributed by atoms with Gasteiger partial charge in [-0.05, 0) is 42.2 Å². The van der Waals surface area contributed by atoms with Crippen molar-refractivity contribution >= 4 is 5.91 Å². The SMILES string of the molecule is COc1ccc2c(c1)C(C)N(C(=O)Cc1ccccc1)CC2. The Labute approximate surface area is 131 Å². The maximum Gasteiger partial charge on any atom is 0.227 e. The molecule has 0 saturated carbocycles. The number of carbonyl (C=O) groups is 1. The summed E-state index contributed by atoms with van der Waals surface area (Å²) in [5, 5.41) is 0. The highest BCUT2D eigenvalue weighted by Gasteiger charge is 2.27. The second-order valence-electron chi connectivity index (χ2n) is 5.74. The minimum absolute atomic E-state index is 0.0927. The number of hydrogen-bond donors (Lipinski definition) is 0. The zero-order valence-electron chi connectivity index (χ0n) is 13.1. The van der Waals surface area contributed by atoms with Gasteiger partial charge < -0.3 is 9.64 Å². The van der Waals surface area contributed by atoms with E-state index in [-0.39, 0.29) is 11.9 Å². The van der Waals surface area contributed by atoms with Gasteiger partial charge in [-0.3, -0.25) is 4.79 Å². The van der Waals surface area contributed by atoms with Crippen LogP contribution in [0.25, 0.3) is 0 Å². The molecule has 0 fully saturated rings. The maximum absolute atomic E-state index is 12.6. The lowest BCUT2D eigenvalue weighted by molar-refractivity contribution is -0.133. The quantitative estimate of drug-likeness (QED) is 0.868. The monoisotopic (exact) mass is 295 g/mol. The summed E-state index contributed by atoms with van der Waals surface area (Å²) in [5.74, 6) is 1.04. The molecule has 2 aromatic carbocycles. The third-order valence-corrected chi connectivity index (χ3v) is 4.41. The van der Waals surface area contributed by atoms with Gasteiger partial charge in [-0.15, -0.1) is 0 Å². The molecule has 0 N–H and O–H groups in total. The van der Waals surface area contributed by atoms with Gasteiger partial charge in [0.25, 0.3) is 0 Å². The van der Waals surface area contributed by atoms with Crippen LogP contribution < -0.4 is 4.74 Å². The van der Waals surface area contributed by atoms with E-state index in [0.29, 0.717) is 6.42 Å². The zero-order chi connectivity index (χ0) is 15.5. The molecule has 1 aliphatic heterocycles. The van der Waals surface area contributed by atoms with Crippen LogP contribution >= 0.6 is 0 Å². The Hall–Kier alpha value is -2.29. The van der Waals surface area contributed by atoms with Gasteiger partial charge in [0.1, 0.15) is 5.75 Å². The van der Waals surface area contributed by atoms with Gasteiger partial charge in [0, 0.05) is 6.54 Å². The van der Waals surface area contributed by atoms with Crippen LogP contribution in [0, 0.1) is 0 Å². The Kier molecular flexibility index (Phi) is 4.14. The summed E-state index contributed by atoms with van der Waals surface area (Å²) in [4.78, 5) is 14.6. The van der Waals surface area contributed by atoms with E-state index in [9.17, 15) is 4.79 Å². The molecule has 0 aliphatic carbocycles. The second kappa shape index (κ2) is 6.22. The highest BCUT2D eigenvalue weighted by molar-refractivity contribution is 5.79. The molecule has 0 saturated heterocycles. The predicted molar refractivity (Wildman–Crippen MR) is 87.0 cm³/mol. The molecule has 3 rings (SSSR count).